The molecule has 1 unspecified atom stereocenters. The van der Waals surface area contributed by atoms with Gasteiger partial charge in [0.05, 0.1) is 12.2 Å². The van der Waals surface area contributed by atoms with E-state index in [1.165, 1.54) is 0 Å². The van der Waals surface area contributed by atoms with Gasteiger partial charge in [-0.1, -0.05) is 13.3 Å². The molecule has 0 spiro atoms. The van der Waals surface area contributed by atoms with Gasteiger partial charge in [0, 0.05) is 13.5 Å². The number of ether oxygens (including phenoxy) is 2. The molecule has 1 saturated heterocycles. The Morgan fingerprint density at radius 1 is 1.44 bits per heavy atom. The molecule has 1 aliphatic rings. The van der Waals surface area contributed by atoms with E-state index in [9.17, 15) is 4.79 Å². The molecule has 4 nitrogen and oxygen atoms in total. The molecule has 0 saturated carbocycles. The van der Waals surface area contributed by atoms with Crippen molar-refractivity contribution >= 4 is 5.97 Å². The standard InChI is InChI=1S/C14H27NO3/c1-5-7-14(8-6-10-15-14)12(16)18-11-9-13(2,3)17-4/h15H,5-11H2,1-4H3. The largest absolute Gasteiger partial charge is 0.464 e. The lowest BCUT2D eigenvalue weighted by Crippen LogP contribution is -2.48. The SMILES string of the molecule is CCCC1(C(=O)OCCC(C)(C)OC)CCCN1. The minimum atomic E-state index is -0.425. The van der Waals surface area contributed by atoms with Crippen molar-refractivity contribution in [2.75, 3.05) is 20.3 Å². The molecule has 1 heterocycles. The lowest BCUT2D eigenvalue weighted by atomic mass is 9.92. The summed E-state index contributed by atoms with van der Waals surface area (Å²) in [6.07, 6.45) is 4.52. The minimum absolute atomic E-state index is 0.0891. The van der Waals surface area contributed by atoms with Crippen LogP contribution in [0.4, 0.5) is 0 Å². The van der Waals surface area contributed by atoms with Gasteiger partial charge >= 0.3 is 5.97 Å². The molecule has 1 N–H and O–H groups in total. The van der Waals surface area contributed by atoms with Crippen LogP contribution in [0.3, 0.4) is 0 Å². The summed E-state index contributed by atoms with van der Waals surface area (Å²) in [5, 5.41) is 3.33. The number of methoxy groups -OCH3 is 1. The lowest BCUT2D eigenvalue weighted by molar-refractivity contribution is -0.153. The molecule has 106 valence electrons. The average Bonchev–Trinajstić information content (AvgIpc) is 2.79. The van der Waals surface area contributed by atoms with E-state index in [0.29, 0.717) is 6.61 Å². The van der Waals surface area contributed by atoms with Crippen LogP contribution in [0.25, 0.3) is 0 Å². The average molecular weight is 257 g/mol. The van der Waals surface area contributed by atoms with Gasteiger partial charge in [0.25, 0.3) is 0 Å². The number of esters is 1. The maximum Gasteiger partial charge on any atom is 0.326 e. The second kappa shape index (κ2) is 6.53. The highest BCUT2D eigenvalue weighted by Gasteiger charge is 2.41. The third-order valence-corrected chi connectivity index (χ3v) is 3.80. The van der Waals surface area contributed by atoms with Gasteiger partial charge in [-0.25, -0.2) is 0 Å². The Morgan fingerprint density at radius 2 is 2.17 bits per heavy atom. The molecular formula is C14H27NO3. The summed E-state index contributed by atoms with van der Waals surface area (Å²) in [4.78, 5) is 12.2. The van der Waals surface area contributed by atoms with E-state index in [0.717, 1.165) is 38.6 Å². The van der Waals surface area contributed by atoms with Crippen molar-refractivity contribution in [3.63, 3.8) is 0 Å². The number of carbonyl (C=O) groups excluding carboxylic acids is 1. The summed E-state index contributed by atoms with van der Waals surface area (Å²) in [7, 11) is 1.68. The molecule has 18 heavy (non-hydrogen) atoms. The normalized spacial score (nSPS) is 24.2. The predicted octanol–water partition coefficient (Wildman–Crippen LogP) is 2.27. The van der Waals surface area contributed by atoms with Crippen LogP contribution >= 0.6 is 0 Å². The van der Waals surface area contributed by atoms with Crippen LogP contribution in [0, 0.1) is 0 Å². The van der Waals surface area contributed by atoms with Gasteiger partial charge in [-0.2, -0.15) is 0 Å². The molecule has 1 atom stereocenters. The van der Waals surface area contributed by atoms with Crippen molar-refractivity contribution < 1.29 is 14.3 Å². The highest BCUT2D eigenvalue weighted by molar-refractivity contribution is 5.81. The first-order chi connectivity index (χ1) is 8.46. The molecule has 0 aromatic rings. The van der Waals surface area contributed by atoms with Crippen molar-refractivity contribution in [2.24, 2.45) is 0 Å². The topological polar surface area (TPSA) is 47.6 Å². The Labute approximate surface area is 110 Å². The molecule has 0 amide bonds. The number of nitrogens with one attached hydrogen (secondary N) is 1. The Hall–Kier alpha value is -0.610. The Morgan fingerprint density at radius 3 is 2.67 bits per heavy atom. The second-order valence-corrected chi connectivity index (χ2v) is 5.71. The van der Waals surface area contributed by atoms with Gasteiger partial charge in [0.1, 0.15) is 5.54 Å². The van der Waals surface area contributed by atoms with Crippen LogP contribution in [0.15, 0.2) is 0 Å². The van der Waals surface area contributed by atoms with Crippen molar-refractivity contribution in [1.29, 1.82) is 0 Å². The molecule has 4 heteroatoms. The van der Waals surface area contributed by atoms with Crippen LogP contribution in [0.2, 0.25) is 0 Å². The zero-order chi connectivity index (χ0) is 13.6. The summed E-state index contributed by atoms with van der Waals surface area (Å²) >= 11 is 0. The van der Waals surface area contributed by atoms with E-state index in [4.69, 9.17) is 9.47 Å². The molecule has 0 aromatic heterocycles. The van der Waals surface area contributed by atoms with E-state index >= 15 is 0 Å². The van der Waals surface area contributed by atoms with Crippen LogP contribution in [-0.4, -0.2) is 37.4 Å². The molecule has 1 fully saturated rings. The highest BCUT2D eigenvalue weighted by Crippen LogP contribution is 2.26. The van der Waals surface area contributed by atoms with Crippen LogP contribution in [-0.2, 0) is 14.3 Å². The third kappa shape index (κ3) is 3.95. The summed E-state index contributed by atoms with van der Waals surface area (Å²) in [5.41, 5.74) is -0.659. The number of hydrogen-bond donors (Lipinski definition) is 1. The monoisotopic (exact) mass is 257 g/mol. The minimum Gasteiger partial charge on any atom is -0.464 e. The molecular weight excluding hydrogens is 230 g/mol. The maximum absolute atomic E-state index is 12.2. The third-order valence-electron chi connectivity index (χ3n) is 3.80. The van der Waals surface area contributed by atoms with E-state index in [1.807, 2.05) is 13.8 Å². The molecule has 0 bridgehead atoms. The quantitative estimate of drug-likeness (QED) is 0.711. The lowest BCUT2D eigenvalue weighted by Gasteiger charge is -2.28. The van der Waals surface area contributed by atoms with Crippen molar-refractivity contribution in [3.8, 4) is 0 Å². The Bertz CT molecular complexity index is 270. The van der Waals surface area contributed by atoms with Gasteiger partial charge in [0.2, 0.25) is 0 Å². The second-order valence-electron chi connectivity index (χ2n) is 5.71. The smallest absolute Gasteiger partial charge is 0.326 e. The summed E-state index contributed by atoms with van der Waals surface area (Å²) in [6.45, 7) is 7.43. The zero-order valence-corrected chi connectivity index (χ0v) is 12.2. The molecule has 0 aliphatic carbocycles. The molecule has 1 rings (SSSR count). The fourth-order valence-electron chi connectivity index (χ4n) is 2.35. The first kappa shape index (κ1) is 15.4. The van der Waals surface area contributed by atoms with Crippen LogP contribution in [0.1, 0.15) is 52.9 Å². The molecule has 0 aromatic carbocycles. The molecule has 1 aliphatic heterocycles. The Balaban J connectivity index is 2.43. The van der Waals surface area contributed by atoms with E-state index in [1.54, 1.807) is 7.11 Å². The van der Waals surface area contributed by atoms with Gasteiger partial charge in [-0.3, -0.25) is 4.79 Å². The Kier molecular flexibility index (Phi) is 5.60. The number of carbonyl (C=O) groups is 1. The fourth-order valence-corrected chi connectivity index (χ4v) is 2.35. The summed E-state index contributed by atoms with van der Waals surface area (Å²) in [6, 6.07) is 0. The van der Waals surface area contributed by atoms with Gasteiger partial charge in [-0.15, -0.1) is 0 Å². The zero-order valence-electron chi connectivity index (χ0n) is 12.2. The predicted molar refractivity (Wildman–Crippen MR) is 71.5 cm³/mol. The van der Waals surface area contributed by atoms with Crippen molar-refractivity contribution in [2.45, 2.75) is 64.0 Å². The summed E-state index contributed by atoms with van der Waals surface area (Å²) < 4.78 is 10.7. The number of rotatable bonds is 7. The van der Waals surface area contributed by atoms with Gasteiger partial charge in [-0.05, 0) is 39.7 Å². The van der Waals surface area contributed by atoms with E-state index < -0.39 is 5.54 Å². The maximum atomic E-state index is 12.2. The number of hydrogen-bond acceptors (Lipinski definition) is 4. The first-order valence-corrected chi connectivity index (χ1v) is 6.93. The molecule has 0 radical (unpaired) electrons. The van der Waals surface area contributed by atoms with Gasteiger partial charge < -0.3 is 14.8 Å². The summed E-state index contributed by atoms with van der Waals surface area (Å²) in [5.74, 6) is -0.0891. The first-order valence-electron chi connectivity index (χ1n) is 6.93. The van der Waals surface area contributed by atoms with Crippen molar-refractivity contribution in [1.82, 2.24) is 5.32 Å². The van der Waals surface area contributed by atoms with Crippen LogP contribution < -0.4 is 5.32 Å². The fraction of sp³-hybridized carbons (Fsp3) is 0.929. The van der Waals surface area contributed by atoms with Crippen molar-refractivity contribution in [3.05, 3.63) is 0 Å². The van der Waals surface area contributed by atoms with E-state index in [-0.39, 0.29) is 11.6 Å². The van der Waals surface area contributed by atoms with Gasteiger partial charge in [0.15, 0.2) is 0 Å². The van der Waals surface area contributed by atoms with E-state index in [2.05, 4.69) is 12.2 Å². The van der Waals surface area contributed by atoms with Crippen LogP contribution in [0.5, 0.6) is 0 Å². The highest BCUT2D eigenvalue weighted by atomic mass is 16.5.